The van der Waals surface area contributed by atoms with Gasteiger partial charge in [0.15, 0.2) is 5.96 Å². The van der Waals surface area contributed by atoms with Gasteiger partial charge in [0.25, 0.3) is 0 Å². The number of hydrogen-bond donors (Lipinski definition) is 3. The molecule has 2 rings (SSSR count). The molecule has 0 aromatic heterocycles. The van der Waals surface area contributed by atoms with Crippen LogP contribution in [0, 0.1) is 11.6 Å². The van der Waals surface area contributed by atoms with Crippen molar-refractivity contribution in [2.75, 3.05) is 11.9 Å². The van der Waals surface area contributed by atoms with Crippen molar-refractivity contribution in [3.63, 3.8) is 0 Å². The molecule has 0 bridgehead atoms. The Kier molecular flexibility index (Phi) is 5.68. The first kappa shape index (κ1) is 16.2. The molecule has 0 unspecified atom stereocenters. The number of nitrogens with zero attached hydrogens (tertiary/aromatic N) is 1. The van der Waals surface area contributed by atoms with Crippen molar-refractivity contribution in [3.05, 3.63) is 29.8 Å². The number of nitrogens with one attached hydrogen (secondary N) is 2. The van der Waals surface area contributed by atoms with E-state index in [1.165, 1.54) is 6.42 Å². The second-order valence-electron chi connectivity index (χ2n) is 5.35. The molecule has 0 heterocycles. The van der Waals surface area contributed by atoms with Crippen LogP contribution >= 0.6 is 0 Å². The van der Waals surface area contributed by atoms with Crippen LogP contribution < -0.4 is 16.4 Å². The molecular formula is C15H20F2N4O. The maximum Gasteiger partial charge on any atom is 0.242 e. The predicted molar refractivity (Wildman–Crippen MR) is 81.5 cm³/mol. The van der Waals surface area contributed by atoms with Gasteiger partial charge in [-0.05, 0) is 25.0 Å². The van der Waals surface area contributed by atoms with E-state index in [-0.39, 0.29) is 30.1 Å². The predicted octanol–water partition coefficient (Wildman–Crippen LogP) is 2.14. The van der Waals surface area contributed by atoms with E-state index in [1.807, 2.05) is 0 Å². The van der Waals surface area contributed by atoms with Crippen molar-refractivity contribution in [2.24, 2.45) is 10.7 Å². The first-order valence-electron chi connectivity index (χ1n) is 7.36. The third kappa shape index (κ3) is 4.98. The van der Waals surface area contributed by atoms with Gasteiger partial charge in [-0.15, -0.1) is 0 Å². The highest BCUT2D eigenvalue weighted by molar-refractivity contribution is 5.94. The van der Waals surface area contributed by atoms with Gasteiger partial charge < -0.3 is 16.4 Å². The van der Waals surface area contributed by atoms with Crippen LogP contribution in [0.1, 0.15) is 32.1 Å². The van der Waals surface area contributed by atoms with Gasteiger partial charge in [-0.25, -0.2) is 13.8 Å². The van der Waals surface area contributed by atoms with Gasteiger partial charge in [0.2, 0.25) is 5.91 Å². The number of aliphatic imine (C=N–C) groups is 1. The van der Waals surface area contributed by atoms with Crippen LogP contribution in [-0.2, 0) is 4.79 Å². The van der Waals surface area contributed by atoms with E-state index in [0.29, 0.717) is 0 Å². The average Bonchev–Trinajstić information content (AvgIpc) is 2.50. The molecular weight excluding hydrogens is 290 g/mol. The van der Waals surface area contributed by atoms with Gasteiger partial charge in [-0.3, -0.25) is 4.79 Å². The fourth-order valence-corrected chi connectivity index (χ4v) is 2.45. The molecule has 22 heavy (non-hydrogen) atoms. The van der Waals surface area contributed by atoms with E-state index < -0.39 is 11.6 Å². The number of anilines is 1. The molecule has 1 aliphatic rings. The van der Waals surface area contributed by atoms with Gasteiger partial charge in [-0.2, -0.15) is 0 Å². The van der Waals surface area contributed by atoms with E-state index >= 15 is 0 Å². The Morgan fingerprint density at radius 2 is 2.00 bits per heavy atom. The van der Waals surface area contributed by atoms with Gasteiger partial charge in [0, 0.05) is 12.1 Å². The van der Waals surface area contributed by atoms with E-state index in [9.17, 15) is 13.6 Å². The molecule has 1 aromatic rings. The standard InChI is InChI=1S/C15H20F2N4O/c16-10-6-7-12(17)13(8-10)21-15(18)19-9-14(22)20-11-4-2-1-3-5-11/h6-8,11H,1-5,9H2,(H,20,22)(H3,18,19,21). The Labute approximate surface area is 128 Å². The van der Waals surface area contributed by atoms with Crippen LogP contribution in [0.25, 0.3) is 0 Å². The molecule has 1 aromatic carbocycles. The SMILES string of the molecule is NC(=NCC(=O)NC1CCCCC1)Nc1cc(F)ccc1F. The first-order valence-corrected chi connectivity index (χ1v) is 7.36. The summed E-state index contributed by atoms with van der Waals surface area (Å²) in [6.45, 7) is -0.147. The summed E-state index contributed by atoms with van der Waals surface area (Å²) in [7, 11) is 0. The van der Waals surface area contributed by atoms with Crippen molar-refractivity contribution in [1.29, 1.82) is 0 Å². The Bertz CT molecular complexity index is 556. The molecule has 5 nitrogen and oxygen atoms in total. The summed E-state index contributed by atoms with van der Waals surface area (Å²) in [6, 6.07) is 3.16. The van der Waals surface area contributed by atoms with Crippen LogP contribution in [-0.4, -0.2) is 24.5 Å². The molecule has 4 N–H and O–H groups in total. The van der Waals surface area contributed by atoms with E-state index in [2.05, 4.69) is 15.6 Å². The summed E-state index contributed by atoms with van der Waals surface area (Å²) >= 11 is 0. The lowest BCUT2D eigenvalue weighted by molar-refractivity contribution is -0.120. The largest absolute Gasteiger partial charge is 0.370 e. The quantitative estimate of drug-likeness (QED) is 0.589. The van der Waals surface area contributed by atoms with Crippen molar-refractivity contribution in [1.82, 2.24) is 5.32 Å². The minimum absolute atomic E-state index is 0.117. The Hall–Kier alpha value is -2.18. The van der Waals surface area contributed by atoms with Crippen LogP contribution in [0.2, 0.25) is 0 Å². The normalized spacial score (nSPS) is 16.4. The molecule has 1 aliphatic carbocycles. The molecule has 0 aliphatic heterocycles. The fourth-order valence-electron chi connectivity index (χ4n) is 2.45. The highest BCUT2D eigenvalue weighted by Crippen LogP contribution is 2.17. The van der Waals surface area contributed by atoms with Crippen molar-refractivity contribution < 1.29 is 13.6 Å². The van der Waals surface area contributed by atoms with Crippen LogP contribution in [0.5, 0.6) is 0 Å². The summed E-state index contributed by atoms with van der Waals surface area (Å²) in [5, 5.41) is 5.34. The number of halogens is 2. The highest BCUT2D eigenvalue weighted by atomic mass is 19.1. The zero-order chi connectivity index (χ0) is 15.9. The summed E-state index contributed by atoms with van der Waals surface area (Å²) in [5.74, 6) is -1.60. The smallest absolute Gasteiger partial charge is 0.242 e. The average molecular weight is 310 g/mol. The molecule has 1 fully saturated rings. The van der Waals surface area contributed by atoms with Crippen molar-refractivity contribution in [3.8, 4) is 0 Å². The second-order valence-corrected chi connectivity index (χ2v) is 5.35. The number of carbonyl (C=O) groups excluding carboxylic acids is 1. The first-order chi connectivity index (χ1) is 10.5. The Morgan fingerprint density at radius 3 is 2.73 bits per heavy atom. The maximum absolute atomic E-state index is 13.4. The molecule has 0 radical (unpaired) electrons. The lowest BCUT2D eigenvalue weighted by atomic mass is 9.95. The van der Waals surface area contributed by atoms with Gasteiger partial charge in [-0.1, -0.05) is 19.3 Å². The topological polar surface area (TPSA) is 79.5 Å². The Morgan fingerprint density at radius 1 is 1.27 bits per heavy atom. The number of amides is 1. The lowest BCUT2D eigenvalue weighted by Gasteiger charge is -2.22. The highest BCUT2D eigenvalue weighted by Gasteiger charge is 2.15. The maximum atomic E-state index is 13.4. The van der Waals surface area contributed by atoms with Gasteiger partial charge >= 0.3 is 0 Å². The van der Waals surface area contributed by atoms with E-state index in [0.717, 1.165) is 43.9 Å². The molecule has 0 spiro atoms. The minimum Gasteiger partial charge on any atom is -0.370 e. The van der Waals surface area contributed by atoms with Crippen molar-refractivity contribution >= 4 is 17.6 Å². The zero-order valence-electron chi connectivity index (χ0n) is 12.2. The molecule has 1 saturated carbocycles. The van der Waals surface area contributed by atoms with Crippen LogP contribution in [0.4, 0.5) is 14.5 Å². The minimum atomic E-state index is -0.647. The molecule has 0 atom stereocenters. The summed E-state index contributed by atoms with van der Waals surface area (Å²) in [5.41, 5.74) is 5.46. The Balaban J connectivity index is 1.83. The summed E-state index contributed by atoms with van der Waals surface area (Å²) in [4.78, 5) is 15.6. The van der Waals surface area contributed by atoms with E-state index in [1.54, 1.807) is 0 Å². The number of hydrogen-bond acceptors (Lipinski definition) is 2. The van der Waals surface area contributed by atoms with Crippen molar-refractivity contribution in [2.45, 2.75) is 38.1 Å². The molecule has 7 heteroatoms. The number of nitrogens with two attached hydrogens (primary N) is 1. The number of carbonyl (C=O) groups is 1. The van der Waals surface area contributed by atoms with Crippen LogP contribution in [0.15, 0.2) is 23.2 Å². The molecule has 0 saturated heterocycles. The third-order valence-electron chi connectivity index (χ3n) is 3.55. The monoisotopic (exact) mass is 310 g/mol. The number of guanidine groups is 1. The van der Waals surface area contributed by atoms with Gasteiger partial charge in [0.1, 0.15) is 18.2 Å². The van der Waals surface area contributed by atoms with E-state index in [4.69, 9.17) is 5.73 Å². The fraction of sp³-hybridized carbons (Fsp3) is 0.467. The zero-order valence-corrected chi connectivity index (χ0v) is 12.2. The van der Waals surface area contributed by atoms with Gasteiger partial charge in [0.05, 0.1) is 5.69 Å². The number of benzene rings is 1. The summed E-state index contributed by atoms with van der Waals surface area (Å²) < 4.78 is 26.4. The molecule has 1 amide bonds. The second kappa shape index (κ2) is 7.72. The summed E-state index contributed by atoms with van der Waals surface area (Å²) in [6.07, 6.45) is 5.42. The number of rotatable bonds is 4. The third-order valence-corrected chi connectivity index (χ3v) is 3.55. The lowest BCUT2D eigenvalue weighted by Crippen LogP contribution is -2.38. The van der Waals surface area contributed by atoms with Crippen LogP contribution in [0.3, 0.4) is 0 Å². The molecule has 120 valence electrons.